The third-order valence-corrected chi connectivity index (χ3v) is 9.39. The Morgan fingerprint density at radius 1 is 0.667 bits per heavy atom. The van der Waals surface area contributed by atoms with Gasteiger partial charge in [-0.3, -0.25) is 0 Å². The predicted molar refractivity (Wildman–Crippen MR) is 115 cm³/mol. The minimum Gasteiger partial charge on any atom is -1.00 e. The van der Waals surface area contributed by atoms with Crippen LogP contribution in [0.5, 0.6) is 0 Å². The van der Waals surface area contributed by atoms with Crippen LogP contribution in [0.2, 0.25) is 0 Å². The SMILES string of the molecule is CC(=O)CCCC[P+](c1ccccc1)(c1ccccc1)c1ccccc1.[Cl-]. The van der Waals surface area contributed by atoms with E-state index in [2.05, 4.69) is 91.0 Å². The molecular formula is C24H26ClOP. The summed E-state index contributed by atoms with van der Waals surface area (Å²) in [5.74, 6) is 0.285. The maximum Gasteiger partial charge on any atom is 0.129 e. The summed E-state index contributed by atoms with van der Waals surface area (Å²) in [6.07, 6.45) is 3.80. The number of carbonyl (C=O) groups excluding carboxylic acids is 1. The second-order valence-corrected chi connectivity index (χ2v) is 10.3. The third kappa shape index (κ3) is 5.06. The average molecular weight is 397 g/mol. The summed E-state index contributed by atoms with van der Waals surface area (Å²) in [4.78, 5) is 11.4. The van der Waals surface area contributed by atoms with Gasteiger partial charge in [0.15, 0.2) is 0 Å². The molecule has 140 valence electrons. The lowest BCUT2D eigenvalue weighted by molar-refractivity contribution is -0.117. The Bertz CT molecular complexity index is 722. The number of ketones is 1. The molecule has 0 spiro atoms. The fourth-order valence-corrected chi connectivity index (χ4v) is 8.02. The molecule has 0 amide bonds. The van der Waals surface area contributed by atoms with E-state index in [9.17, 15) is 4.79 Å². The molecule has 0 unspecified atom stereocenters. The van der Waals surface area contributed by atoms with Gasteiger partial charge < -0.3 is 17.2 Å². The highest BCUT2D eigenvalue weighted by Crippen LogP contribution is 2.55. The van der Waals surface area contributed by atoms with E-state index in [4.69, 9.17) is 0 Å². The summed E-state index contributed by atoms with van der Waals surface area (Å²) in [6.45, 7) is 1.69. The summed E-state index contributed by atoms with van der Waals surface area (Å²) in [7, 11) is -1.72. The first-order valence-electron chi connectivity index (χ1n) is 9.28. The van der Waals surface area contributed by atoms with Gasteiger partial charge in [-0.15, -0.1) is 0 Å². The molecule has 0 aliphatic rings. The highest BCUT2D eigenvalue weighted by molar-refractivity contribution is 7.95. The fourth-order valence-electron chi connectivity index (χ4n) is 3.60. The van der Waals surface area contributed by atoms with Crippen LogP contribution in [-0.4, -0.2) is 11.9 Å². The van der Waals surface area contributed by atoms with Gasteiger partial charge in [0.25, 0.3) is 0 Å². The molecule has 27 heavy (non-hydrogen) atoms. The lowest BCUT2D eigenvalue weighted by atomic mass is 10.2. The molecule has 3 heteroatoms. The van der Waals surface area contributed by atoms with E-state index in [1.54, 1.807) is 6.92 Å². The van der Waals surface area contributed by atoms with E-state index in [1.165, 1.54) is 15.9 Å². The molecule has 0 atom stereocenters. The number of Topliss-reactive ketones (excluding diaryl/α,β-unsaturated/α-hetero) is 1. The number of benzene rings is 3. The van der Waals surface area contributed by atoms with Gasteiger partial charge in [0.05, 0.1) is 6.16 Å². The van der Waals surface area contributed by atoms with Crippen molar-refractivity contribution in [2.24, 2.45) is 0 Å². The van der Waals surface area contributed by atoms with Gasteiger partial charge in [0.2, 0.25) is 0 Å². The lowest BCUT2D eigenvalue weighted by Crippen LogP contribution is -3.00. The molecule has 0 heterocycles. The number of rotatable bonds is 8. The van der Waals surface area contributed by atoms with Crippen LogP contribution in [0.15, 0.2) is 91.0 Å². The van der Waals surface area contributed by atoms with Gasteiger partial charge in [0, 0.05) is 6.42 Å². The fraction of sp³-hybridized carbons (Fsp3) is 0.208. The topological polar surface area (TPSA) is 17.1 Å². The summed E-state index contributed by atoms with van der Waals surface area (Å²) in [5, 5.41) is 4.25. The van der Waals surface area contributed by atoms with Crippen LogP contribution in [0.4, 0.5) is 0 Å². The Hall–Kier alpha value is -1.95. The zero-order valence-corrected chi connectivity index (χ0v) is 17.4. The molecule has 0 bridgehead atoms. The van der Waals surface area contributed by atoms with Crippen LogP contribution in [0, 0.1) is 0 Å². The van der Waals surface area contributed by atoms with Crippen LogP contribution in [0.25, 0.3) is 0 Å². The summed E-state index contributed by atoms with van der Waals surface area (Å²) >= 11 is 0. The van der Waals surface area contributed by atoms with Crippen LogP contribution in [-0.2, 0) is 4.79 Å². The van der Waals surface area contributed by atoms with Gasteiger partial charge in [-0.25, -0.2) is 0 Å². The Kier molecular flexibility index (Phi) is 8.23. The average Bonchev–Trinajstić information content (AvgIpc) is 2.70. The van der Waals surface area contributed by atoms with Gasteiger partial charge in [-0.05, 0) is 56.2 Å². The Morgan fingerprint density at radius 2 is 1.04 bits per heavy atom. The molecule has 3 rings (SSSR count). The van der Waals surface area contributed by atoms with E-state index in [1.807, 2.05) is 0 Å². The second kappa shape index (κ2) is 10.4. The standard InChI is InChI=1S/C24H26OP.ClH/c1-21(25)13-11-12-20-26(22-14-5-2-6-15-22,23-16-7-3-8-17-23)24-18-9-4-10-19-24;/h2-10,14-19H,11-13,20H2,1H3;1H/q+1;/p-1. The first-order chi connectivity index (χ1) is 12.7. The smallest absolute Gasteiger partial charge is 0.129 e. The minimum absolute atomic E-state index is 0. The molecule has 0 fully saturated rings. The molecular weight excluding hydrogens is 371 g/mol. The molecule has 0 aromatic heterocycles. The highest BCUT2D eigenvalue weighted by Gasteiger charge is 2.44. The van der Waals surface area contributed by atoms with Crippen LogP contribution < -0.4 is 28.3 Å². The van der Waals surface area contributed by atoms with E-state index in [0.717, 1.165) is 19.0 Å². The zero-order chi connectivity index (χ0) is 18.2. The van der Waals surface area contributed by atoms with Crippen molar-refractivity contribution in [3.05, 3.63) is 91.0 Å². The molecule has 1 nitrogen and oxygen atoms in total. The van der Waals surface area contributed by atoms with Gasteiger partial charge in [-0.2, -0.15) is 0 Å². The normalized spacial score (nSPS) is 10.9. The van der Waals surface area contributed by atoms with Crippen molar-refractivity contribution in [2.75, 3.05) is 6.16 Å². The predicted octanol–water partition coefficient (Wildman–Crippen LogP) is 1.74. The maximum atomic E-state index is 11.4. The van der Waals surface area contributed by atoms with Crippen molar-refractivity contribution in [2.45, 2.75) is 26.2 Å². The molecule has 0 aliphatic heterocycles. The quantitative estimate of drug-likeness (QED) is 0.419. The minimum atomic E-state index is -1.72. The van der Waals surface area contributed by atoms with Crippen molar-refractivity contribution in [1.82, 2.24) is 0 Å². The van der Waals surface area contributed by atoms with Crippen LogP contribution in [0.3, 0.4) is 0 Å². The van der Waals surface area contributed by atoms with Crippen molar-refractivity contribution in [1.29, 1.82) is 0 Å². The van der Waals surface area contributed by atoms with E-state index >= 15 is 0 Å². The lowest BCUT2D eigenvalue weighted by Gasteiger charge is -2.27. The Morgan fingerprint density at radius 3 is 1.37 bits per heavy atom. The second-order valence-electron chi connectivity index (χ2n) is 6.70. The molecule has 3 aromatic carbocycles. The molecule has 3 aromatic rings. The summed E-state index contributed by atoms with van der Waals surface area (Å²) < 4.78 is 0. The molecule has 0 saturated heterocycles. The Balaban J connectivity index is 0.00000261. The highest BCUT2D eigenvalue weighted by atomic mass is 35.5. The molecule has 0 aliphatic carbocycles. The number of hydrogen-bond donors (Lipinski definition) is 0. The van der Waals surface area contributed by atoms with Gasteiger partial charge in [0.1, 0.15) is 29.0 Å². The van der Waals surface area contributed by atoms with Gasteiger partial charge >= 0.3 is 0 Å². The molecule has 0 N–H and O–H groups in total. The van der Waals surface area contributed by atoms with E-state index in [-0.39, 0.29) is 18.2 Å². The third-order valence-electron chi connectivity index (χ3n) is 4.86. The monoisotopic (exact) mass is 396 g/mol. The molecule has 0 saturated carbocycles. The number of carbonyl (C=O) groups is 1. The summed E-state index contributed by atoms with van der Waals surface area (Å²) in [5.41, 5.74) is 0. The van der Waals surface area contributed by atoms with Crippen LogP contribution in [0.1, 0.15) is 26.2 Å². The van der Waals surface area contributed by atoms with E-state index in [0.29, 0.717) is 6.42 Å². The summed E-state index contributed by atoms with van der Waals surface area (Å²) in [6, 6.07) is 32.8. The van der Waals surface area contributed by atoms with Crippen molar-refractivity contribution >= 4 is 29.0 Å². The largest absolute Gasteiger partial charge is 1.00 e. The van der Waals surface area contributed by atoms with Crippen LogP contribution >= 0.6 is 7.26 Å². The first-order valence-corrected chi connectivity index (χ1v) is 11.3. The number of unbranched alkanes of at least 4 members (excludes halogenated alkanes) is 1. The van der Waals surface area contributed by atoms with Gasteiger partial charge in [-0.1, -0.05) is 54.6 Å². The van der Waals surface area contributed by atoms with Crippen molar-refractivity contribution < 1.29 is 17.2 Å². The number of halogens is 1. The van der Waals surface area contributed by atoms with Crippen molar-refractivity contribution in [3.63, 3.8) is 0 Å². The molecule has 0 radical (unpaired) electrons. The van der Waals surface area contributed by atoms with E-state index < -0.39 is 7.26 Å². The number of hydrogen-bond acceptors (Lipinski definition) is 1. The first kappa shape index (κ1) is 21.4. The van der Waals surface area contributed by atoms with Crippen molar-refractivity contribution in [3.8, 4) is 0 Å². The Labute approximate surface area is 169 Å². The maximum absolute atomic E-state index is 11.4. The zero-order valence-electron chi connectivity index (χ0n) is 15.7.